The van der Waals surface area contributed by atoms with Crippen LogP contribution in [0.2, 0.25) is 0 Å². The summed E-state index contributed by atoms with van der Waals surface area (Å²) >= 11 is 2.95. The first-order chi connectivity index (χ1) is 8.19. The number of rotatable bonds is 4. The van der Waals surface area contributed by atoms with Gasteiger partial charge >= 0.3 is 6.36 Å². The SMILES string of the molecule is CC(Nc1ccc(OC(F)(F)F)c(Br)c1)C(N)=O. The third kappa shape index (κ3) is 4.44. The molecule has 0 spiro atoms. The summed E-state index contributed by atoms with van der Waals surface area (Å²) in [5, 5.41) is 2.73. The fraction of sp³-hybridized carbons (Fsp3) is 0.300. The molecular weight excluding hydrogens is 317 g/mol. The Balaban J connectivity index is 2.83. The van der Waals surface area contributed by atoms with Crippen molar-refractivity contribution >= 4 is 27.5 Å². The lowest BCUT2D eigenvalue weighted by atomic mass is 10.2. The number of primary amides is 1. The summed E-state index contributed by atoms with van der Waals surface area (Å²) in [6.07, 6.45) is -4.75. The highest BCUT2D eigenvalue weighted by Gasteiger charge is 2.31. The Morgan fingerprint density at radius 3 is 2.56 bits per heavy atom. The molecule has 0 aromatic heterocycles. The van der Waals surface area contributed by atoms with Crippen LogP contribution < -0.4 is 15.8 Å². The number of hydrogen-bond donors (Lipinski definition) is 2. The first-order valence-electron chi connectivity index (χ1n) is 4.80. The molecule has 0 aliphatic heterocycles. The third-order valence-corrected chi connectivity index (χ3v) is 2.59. The zero-order valence-corrected chi connectivity index (χ0v) is 10.8. The Bertz CT molecular complexity index is 451. The smallest absolute Gasteiger partial charge is 0.405 e. The van der Waals surface area contributed by atoms with Gasteiger partial charge in [0.05, 0.1) is 4.47 Å². The van der Waals surface area contributed by atoms with E-state index < -0.39 is 18.3 Å². The van der Waals surface area contributed by atoms with Crippen LogP contribution in [0.5, 0.6) is 5.75 Å². The summed E-state index contributed by atoms with van der Waals surface area (Å²) in [5.41, 5.74) is 5.50. The van der Waals surface area contributed by atoms with Crippen LogP contribution in [0.4, 0.5) is 18.9 Å². The number of ether oxygens (including phenoxy) is 1. The van der Waals surface area contributed by atoms with Gasteiger partial charge in [-0.05, 0) is 41.1 Å². The van der Waals surface area contributed by atoms with Crippen molar-refractivity contribution in [1.82, 2.24) is 0 Å². The van der Waals surface area contributed by atoms with Crippen LogP contribution in [-0.2, 0) is 4.79 Å². The topological polar surface area (TPSA) is 64.3 Å². The summed E-state index contributed by atoms with van der Waals surface area (Å²) in [4.78, 5) is 10.8. The van der Waals surface area contributed by atoms with Gasteiger partial charge in [-0.3, -0.25) is 4.79 Å². The van der Waals surface area contributed by atoms with Gasteiger partial charge in [0.1, 0.15) is 11.8 Å². The summed E-state index contributed by atoms with van der Waals surface area (Å²) in [5.74, 6) is -0.929. The number of alkyl halides is 3. The molecule has 1 aromatic carbocycles. The average molecular weight is 327 g/mol. The zero-order valence-electron chi connectivity index (χ0n) is 9.22. The molecule has 8 heteroatoms. The van der Waals surface area contributed by atoms with Crippen LogP contribution in [0.1, 0.15) is 6.92 Å². The number of anilines is 1. The fourth-order valence-electron chi connectivity index (χ4n) is 1.12. The molecular formula is C10H10BrF3N2O2. The number of halogens is 4. The monoisotopic (exact) mass is 326 g/mol. The van der Waals surface area contributed by atoms with Gasteiger partial charge in [-0.2, -0.15) is 0 Å². The Morgan fingerprint density at radius 1 is 1.50 bits per heavy atom. The Hall–Kier alpha value is -1.44. The summed E-state index contributed by atoms with van der Waals surface area (Å²) < 4.78 is 39.9. The second-order valence-corrected chi connectivity index (χ2v) is 4.32. The summed E-state index contributed by atoms with van der Waals surface area (Å²) in [7, 11) is 0. The van der Waals surface area contributed by atoms with E-state index in [0.717, 1.165) is 6.07 Å². The average Bonchev–Trinajstić information content (AvgIpc) is 2.20. The molecule has 0 bridgehead atoms. The van der Waals surface area contributed by atoms with Crippen molar-refractivity contribution in [1.29, 1.82) is 0 Å². The van der Waals surface area contributed by atoms with Crippen molar-refractivity contribution in [3.8, 4) is 5.75 Å². The van der Waals surface area contributed by atoms with Gasteiger partial charge in [0.2, 0.25) is 5.91 Å². The fourth-order valence-corrected chi connectivity index (χ4v) is 1.58. The van der Waals surface area contributed by atoms with Crippen molar-refractivity contribution in [2.75, 3.05) is 5.32 Å². The van der Waals surface area contributed by atoms with E-state index in [-0.39, 0.29) is 10.2 Å². The largest absolute Gasteiger partial charge is 0.573 e. The second kappa shape index (κ2) is 5.47. The summed E-state index contributed by atoms with van der Waals surface area (Å²) in [6.45, 7) is 1.54. The van der Waals surface area contributed by atoms with Crippen molar-refractivity contribution in [3.63, 3.8) is 0 Å². The lowest BCUT2D eigenvalue weighted by Crippen LogP contribution is -2.32. The number of carbonyl (C=O) groups is 1. The van der Waals surface area contributed by atoms with Gasteiger partial charge in [0.25, 0.3) is 0 Å². The van der Waals surface area contributed by atoms with E-state index in [0.29, 0.717) is 5.69 Å². The number of nitrogens with two attached hydrogens (primary N) is 1. The first-order valence-corrected chi connectivity index (χ1v) is 5.59. The van der Waals surface area contributed by atoms with Crippen LogP contribution >= 0.6 is 15.9 Å². The van der Waals surface area contributed by atoms with Gasteiger partial charge in [-0.15, -0.1) is 13.2 Å². The van der Waals surface area contributed by atoms with Crippen LogP contribution in [0.3, 0.4) is 0 Å². The highest BCUT2D eigenvalue weighted by molar-refractivity contribution is 9.10. The predicted octanol–water partition coefficient (Wildman–Crippen LogP) is 2.63. The van der Waals surface area contributed by atoms with Gasteiger partial charge in [0, 0.05) is 5.69 Å². The van der Waals surface area contributed by atoms with Crippen molar-refractivity contribution in [3.05, 3.63) is 22.7 Å². The van der Waals surface area contributed by atoms with E-state index in [1.807, 2.05) is 0 Å². The van der Waals surface area contributed by atoms with Gasteiger partial charge in [-0.1, -0.05) is 0 Å². The van der Waals surface area contributed by atoms with E-state index in [1.165, 1.54) is 19.1 Å². The molecule has 0 aliphatic carbocycles. The zero-order chi connectivity index (χ0) is 13.9. The van der Waals surface area contributed by atoms with Crippen molar-refractivity contribution < 1.29 is 22.7 Å². The minimum atomic E-state index is -4.75. The molecule has 0 saturated heterocycles. The second-order valence-electron chi connectivity index (χ2n) is 3.46. The van der Waals surface area contributed by atoms with Gasteiger partial charge < -0.3 is 15.8 Å². The van der Waals surface area contributed by atoms with Gasteiger partial charge in [-0.25, -0.2) is 0 Å². The standard InChI is InChI=1S/C10H10BrF3N2O2/c1-5(9(15)17)16-6-2-3-8(7(11)4-6)18-10(12,13)14/h2-5,16H,1H3,(H2,15,17). The van der Waals surface area contributed by atoms with Gasteiger partial charge in [0.15, 0.2) is 0 Å². The molecule has 0 saturated carbocycles. The van der Waals surface area contributed by atoms with Crippen molar-refractivity contribution in [2.24, 2.45) is 5.73 Å². The van der Waals surface area contributed by atoms with Crippen LogP contribution in [-0.4, -0.2) is 18.3 Å². The molecule has 0 radical (unpaired) electrons. The Labute approximate surface area is 109 Å². The first kappa shape index (κ1) is 14.6. The molecule has 3 N–H and O–H groups in total. The maximum Gasteiger partial charge on any atom is 0.573 e. The number of benzene rings is 1. The molecule has 4 nitrogen and oxygen atoms in total. The highest BCUT2D eigenvalue weighted by atomic mass is 79.9. The molecule has 1 rings (SSSR count). The number of carbonyl (C=O) groups excluding carboxylic acids is 1. The number of amides is 1. The molecule has 0 heterocycles. The molecule has 0 fully saturated rings. The quantitative estimate of drug-likeness (QED) is 0.894. The molecule has 1 atom stereocenters. The van der Waals surface area contributed by atoms with E-state index in [4.69, 9.17) is 5.73 Å². The predicted molar refractivity (Wildman–Crippen MR) is 63.1 cm³/mol. The van der Waals surface area contributed by atoms with E-state index >= 15 is 0 Å². The molecule has 18 heavy (non-hydrogen) atoms. The minimum absolute atomic E-state index is 0.112. The highest BCUT2D eigenvalue weighted by Crippen LogP contribution is 2.32. The van der Waals surface area contributed by atoms with Crippen LogP contribution in [0, 0.1) is 0 Å². The van der Waals surface area contributed by atoms with Crippen LogP contribution in [0.15, 0.2) is 22.7 Å². The van der Waals surface area contributed by atoms with E-state index in [1.54, 1.807) is 0 Å². The molecule has 1 aromatic rings. The maximum atomic E-state index is 12.0. The van der Waals surface area contributed by atoms with E-state index in [2.05, 4.69) is 26.0 Å². The normalized spacial score (nSPS) is 12.9. The van der Waals surface area contributed by atoms with Crippen molar-refractivity contribution in [2.45, 2.75) is 19.3 Å². The molecule has 100 valence electrons. The lowest BCUT2D eigenvalue weighted by molar-refractivity contribution is -0.274. The molecule has 1 unspecified atom stereocenters. The molecule has 0 aliphatic rings. The number of hydrogen-bond acceptors (Lipinski definition) is 3. The molecule has 1 amide bonds. The summed E-state index contributed by atoms with van der Waals surface area (Å²) in [6, 6.07) is 3.21. The lowest BCUT2D eigenvalue weighted by Gasteiger charge is -2.14. The van der Waals surface area contributed by atoms with E-state index in [9.17, 15) is 18.0 Å². The Morgan fingerprint density at radius 2 is 2.11 bits per heavy atom. The third-order valence-electron chi connectivity index (χ3n) is 1.97. The minimum Gasteiger partial charge on any atom is -0.405 e. The van der Waals surface area contributed by atoms with Crippen LogP contribution in [0.25, 0.3) is 0 Å². The Kier molecular flexibility index (Phi) is 4.44. The number of nitrogens with one attached hydrogen (secondary N) is 1. The maximum absolute atomic E-state index is 12.0.